The Bertz CT molecular complexity index is 1220. The van der Waals surface area contributed by atoms with E-state index in [1.807, 2.05) is 41.2 Å². The van der Waals surface area contributed by atoms with E-state index in [0.717, 1.165) is 48.7 Å². The fourth-order valence-electron chi connectivity index (χ4n) is 4.41. The molecule has 0 aromatic carbocycles. The van der Waals surface area contributed by atoms with Crippen LogP contribution in [-0.4, -0.2) is 30.3 Å². The lowest BCUT2D eigenvalue weighted by Crippen LogP contribution is -2.43. The third-order valence-electron chi connectivity index (χ3n) is 6.78. The van der Waals surface area contributed by atoms with Crippen LogP contribution in [0, 0.1) is 0 Å². The Hall–Kier alpha value is -3.19. The van der Waals surface area contributed by atoms with E-state index in [0.29, 0.717) is 0 Å². The highest BCUT2D eigenvalue weighted by molar-refractivity contribution is 5.82. The van der Waals surface area contributed by atoms with Crippen molar-refractivity contribution in [3.8, 4) is 0 Å². The first-order chi connectivity index (χ1) is 14.5. The van der Waals surface area contributed by atoms with E-state index in [1.165, 1.54) is 12.0 Å². The first-order valence-electron chi connectivity index (χ1n) is 10.4. The third-order valence-corrected chi connectivity index (χ3v) is 6.78. The predicted molar refractivity (Wildman–Crippen MR) is 113 cm³/mol. The average molecular weight is 403 g/mol. The number of carboxylic acids is 1. The normalized spacial score (nSPS) is 18.8. The van der Waals surface area contributed by atoms with Gasteiger partial charge < -0.3 is 10.8 Å². The van der Waals surface area contributed by atoms with Gasteiger partial charge in [0.2, 0.25) is 0 Å². The molecule has 4 aromatic rings. The fourth-order valence-corrected chi connectivity index (χ4v) is 4.41. The van der Waals surface area contributed by atoms with E-state index >= 15 is 0 Å². The highest BCUT2D eigenvalue weighted by Gasteiger charge is 2.46. The summed E-state index contributed by atoms with van der Waals surface area (Å²) in [6, 6.07) is 11.9. The molecular weight excluding hydrogens is 378 g/mol. The standard InChI is InChI=1S/C12H12N2O2.C11H13N3/c15-11(16)12(5-1-6-12)9-2-3-10-4-7-13-14(10)8-9;12-11(5-1-6-11)9-2-3-10-4-7-13-14(10)8-9/h2-4,7-8H,1,5-6H2,(H,15,16);2-4,7-8H,1,5-6,12H2. The smallest absolute Gasteiger partial charge is 0.314 e. The van der Waals surface area contributed by atoms with Gasteiger partial charge in [0.15, 0.2) is 0 Å². The lowest BCUT2D eigenvalue weighted by molar-refractivity contribution is -0.147. The van der Waals surface area contributed by atoms with Gasteiger partial charge in [-0.25, -0.2) is 9.03 Å². The van der Waals surface area contributed by atoms with Gasteiger partial charge in [-0.05, 0) is 67.5 Å². The van der Waals surface area contributed by atoms with Gasteiger partial charge in [0, 0.05) is 30.3 Å². The number of carbonyl (C=O) groups is 1. The second-order valence-electron chi connectivity index (χ2n) is 8.49. The molecule has 7 nitrogen and oxygen atoms in total. The van der Waals surface area contributed by atoms with E-state index in [9.17, 15) is 9.90 Å². The van der Waals surface area contributed by atoms with Crippen molar-refractivity contribution in [2.45, 2.75) is 49.5 Å². The summed E-state index contributed by atoms with van der Waals surface area (Å²) in [4.78, 5) is 11.3. The summed E-state index contributed by atoms with van der Waals surface area (Å²) < 4.78 is 3.63. The Balaban J connectivity index is 0.000000130. The highest BCUT2D eigenvalue weighted by atomic mass is 16.4. The number of carboxylic acid groups (broad SMARTS) is 1. The summed E-state index contributed by atoms with van der Waals surface area (Å²) >= 11 is 0. The van der Waals surface area contributed by atoms with Crippen molar-refractivity contribution in [2.75, 3.05) is 0 Å². The van der Waals surface area contributed by atoms with Crippen molar-refractivity contribution in [1.82, 2.24) is 19.2 Å². The molecule has 2 fully saturated rings. The third kappa shape index (κ3) is 2.97. The molecule has 3 N–H and O–H groups in total. The molecule has 2 saturated carbocycles. The van der Waals surface area contributed by atoms with Gasteiger partial charge in [-0.2, -0.15) is 10.2 Å². The van der Waals surface area contributed by atoms with Crippen molar-refractivity contribution in [3.05, 3.63) is 72.3 Å². The van der Waals surface area contributed by atoms with Crippen LogP contribution < -0.4 is 5.73 Å². The Morgan fingerprint density at radius 2 is 1.37 bits per heavy atom. The zero-order chi connectivity index (χ0) is 20.8. The van der Waals surface area contributed by atoms with Crippen molar-refractivity contribution in [3.63, 3.8) is 0 Å². The number of fused-ring (bicyclic) bond motifs is 2. The van der Waals surface area contributed by atoms with Gasteiger partial charge in [-0.1, -0.05) is 18.6 Å². The predicted octanol–water partition coefficient (Wildman–Crippen LogP) is 3.51. The highest BCUT2D eigenvalue weighted by Crippen LogP contribution is 2.44. The second kappa shape index (κ2) is 6.95. The molecule has 0 spiro atoms. The molecule has 0 saturated heterocycles. The molecule has 4 heterocycles. The van der Waals surface area contributed by atoms with Crippen LogP contribution in [0.15, 0.2) is 61.2 Å². The zero-order valence-electron chi connectivity index (χ0n) is 16.7. The zero-order valence-corrected chi connectivity index (χ0v) is 16.7. The molecular formula is C23H25N5O2. The molecule has 2 aliphatic carbocycles. The van der Waals surface area contributed by atoms with Crippen LogP contribution in [0.5, 0.6) is 0 Å². The van der Waals surface area contributed by atoms with Crippen LogP contribution in [0.3, 0.4) is 0 Å². The van der Waals surface area contributed by atoms with Crippen LogP contribution in [-0.2, 0) is 15.7 Å². The van der Waals surface area contributed by atoms with E-state index in [-0.39, 0.29) is 5.54 Å². The molecule has 0 radical (unpaired) electrons. The number of hydrogen-bond acceptors (Lipinski definition) is 4. The maximum absolute atomic E-state index is 11.3. The fraction of sp³-hybridized carbons (Fsp3) is 0.348. The van der Waals surface area contributed by atoms with Crippen molar-refractivity contribution >= 4 is 17.0 Å². The second-order valence-corrected chi connectivity index (χ2v) is 8.49. The van der Waals surface area contributed by atoms with Gasteiger partial charge >= 0.3 is 5.97 Å². The maximum atomic E-state index is 11.3. The van der Waals surface area contributed by atoms with E-state index in [1.54, 1.807) is 10.7 Å². The first-order valence-corrected chi connectivity index (χ1v) is 10.4. The van der Waals surface area contributed by atoms with Gasteiger partial charge in [-0.15, -0.1) is 0 Å². The number of aromatic nitrogens is 4. The largest absolute Gasteiger partial charge is 0.481 e. The molecule has 4 aromatic heterocycles. The number of aliphatic carboxylic acids is 1. The Labute approximate surface area is 174 Å². The number of pyridine rings is 2. The van der Waals surface area contributed by atoms with Crippen LogP contribution in [0.25, 0.3) is 11.0 Å². The summed E-state index contributed by atoms with van der Waals surface area (Å²) in [6.07, 6.45) is 13.3. The summed E-state index contributed by atoms with van der Waals surface area (Å²) in [5, 5.41) is 17.7. The molecule has 0 aliphatic heterocycles. The molecule has 0 bridgehead atoms. The molecule has 0 unspecified atom stereocenters. The SMILES string of the molecule is NC1(c2ccc3ccnn3c2)CCC1.O=C(O)C1(c2ccc3ccnn3c2)CCC1. The van der Waals surface area contributed by atoms with E-state index in [2.05, 4.69) is 28.5 Å². The minimum atomic E-state index is -0.717. The average Bonchev–Trinajstić information content (AvgIpc) is 3.33. The molecule has 0 atom stereocenters. The minimum absolute atomic E-state index is 0.0832. The number of rotatable bonds is 3. The number of nitrogens with two attached hydrogens (primary N) is 1. The minimum Gasteiger partial charge on any atom is -0.481 e. The van der Waals surface area contributed by atoms with Crippen LogP contribution >= 0.6 is 0 Å². The maximum Gasteiger partial charge on any atom is 0.314 e. The number of hydrogen-bond donors (Lipinski definition) is 2. The molecule has 154 valence electrons. The van der Waals surface area contributed by atoms with Crippen molar-refractivity contribution in [2.24, 2.45) is 5.73 Å². The van der Waals surface area contributed by atoms with E-state index < -0.39 is 11.4 Å². The summed E-state index contributed by atoms with van der Waals surface area (Å²) in [5.74, 6) is -0.717. The molecule has 30 heavy (non-hydrogen) atoms. The topological polar surface area (TPSA) is 97.9 Å². The lowest BCUT2D eigenvalue weighted by atomic mass is 9.65. The van der Waals surface area contributed by atoms with Crippen LogP contribution in [0.1, 0.15) is 49.7 Å². The van der Waals surface area contributed by atoms with Crippen molar-refractivity contribution < 1.29 is 9.90 Å². The van der Waals surface area contributed by atoms with Crippen molar-refractivity contribution in [1.29, 1.82) is 0 Å². The van der Waals surface area contributed by atoms with Gasteiger partial charge in [0.25, 0.3) is 0 Å². The molecule has 2 aliphatic rings. The molecule has 0 amide bonds. The van der Waals surface area contributed by atoms with Gasteiger partial charge in [0.1, 0.15) is 0 Å². The van der Waals surface area contributed by atoms with E-state index in [4.69, 9.17) is 5.73 Å². The first kappa shape index (κ1) is 18.8. The Kier molecular flexibility index (Phi) is 4.36. The Morgan fingerprint density at radius 3 is 1.83 bits per heavy atom. The van der Waals surface area contributed by atoms with Gasteiger partial charge in [0.05, 0.1) is 16.4 Å². The van der Waals surface area contributed by atoms with Crippen LogP contribution in [0.4, 0.5) is 0 Å². The summed E-state index contributed by atoms with van der Waals surface area (Å²) in [5.41, 5.74) is 9.68. The van der Waals surface area contributed by atoms with Gasteiger partial charge in [-0.3, -0.25) is 4.79 Å². The lowest BCUT2D eigenvalue weighted by Gasteiger charge is -2.38. The van der Waals surface area contributed by atoms with Crippen LogP contribution in [0.2, 0.25) is 0 Å². The quantitative estimate of drug-likeness (QED) is 0.545. The molecule has 6 rings (SSSR count). The Morgan fingerprint density at radius 1 is 0.833 bits per heavy atom. The molecule has 7 heteroatoms. The number of nitrogens with zero attached hydrogens (tertiary/aromatic N) is 4. The summed E-state index contributed by atoms with van der Waals surface area (Å²) in [6.45, 7) is 0. The summed E-state index contributed by atoms with van der Waals surface area (Å²) in [7, 11) is 0. The monoisotopic (exact) mass is 403 g/mol.